The van der Waals surface area contributed by atoms with Gasteiger partial charge in [-0.1, -0.05) is 47.5 Å². The van der Waals surface area contributed by atoms with Crippen LogP contribution in [0.2, 0.25) is 10.0 Å². The van der Waals surface area contributed by atoms with Gasteiger partial charge in [0, 0.05) is 43.3 Å². The number of carbonyl (C=O) groups excluding carboxylic acids is 2. The monoisotopic (exact) mass is 648 g/mol. The summed E-state index contributed by atoms with van der Waals surface area (Å²) >= 11 is 12.5. The van der Waals surface area contributed by atoms with Crippen molar-refractivity contribution >= 4 is 41.0 Å². The predicted octanol–water partition coefficient (Wildman–Crippen LogP) is 5.57. The van der Waals surface area contributed by atoms with E-state index in [0.29, 0.717) is 65.5 Å². The molecule has 5 rings (SSSR count). The summed E-state index contributed by atoms with van der Waals surface area (Å²) < 4.78 is 5.99. The number of hydroxylamine groups is 2. The highest BCUT2D eigenvalue weighted by atomic mass is 35.5. The van der Waals surface area contributed by atoms with Gasteiger partial charge in [0.1, 0.15) is 17.6 Å². The minimum atomic E-state index is -0.522. The fourth-order valence-corrected chi connectivity index (χ4v) is 5.80. The number of carbonyl (C=O) groups is 2. The normalized spacial score (nSPS) is 18.4. The molecule has 0 bridgehead atoms. The molecule has 0 aromatic heterocycles. The summed E-state index contributed by atoms with van der Waals surface area (Å²) in [7, 11) is 3.02. The quantitative estimate of drug-likeness (QED) is 0.296. The van der Waals surface area contributed by atoms with Gasteiger partial charge in [0.25, 0.3) is 5.91 Å². The Kier molecular flexibility index (Phi) is 10.3. The number of urea groups is 1. The molecule has 234 valence electrons. The molecule has 2 heterocycles. The molecule has 0 unspecified atom stereocenters. The number of nitriles is 1. The van der Waals surface area contributed by atoms with Crippen LogP contribution >= 0.6 is 23.2 Å². The van der Waals surface area contributed by atoms with Crippen LogP contribution < -0.4 is 4.74 Å². The molecule has 12 heteroatoms. The molecular formula is C33H34Cl2N6O4. The van der Waals surface area contributed by atoms with Crippen LogP contribution in [0.15, 0.2) is 71.7 Å². The first-order valence-corrected chi connectivity index (χ1v) is 15.4. The summed E-state index contributed by atoms with van der Waals surface area (Å²) in [4.78, 5) is 42.8. The first-order valence-electron chi connectivity index (χ1n) is 14.6. The van der Waals surface area contributed by atoms with Crippen LogP contribution in [0.4, 0.5) is 4.79 Å². The van der Waals surface area contributed by atoms with Gasteiger partial charge < -0.3 is 9.64 Å². The Morgan fingerprint density at radius 2 is 1.60 bits per heavy atom. The maximum atomic E-state index is 14.7. The molecule has 0 N–H and O–H groups in total. The lowest BCUT2D eigenvalue weighted by atomic mass is 9.93. The van der Waals surface area contributed by atoms with Crippen molar-refractivity contribution in [3.63, 3.8) is 0 Å². The van der Waals surface area contributed by atoms with Gasteiger partial charge in [-0.05, 0) is 60.5 Å². The number of rotatable bonds is 8. The molecule has 2 aliphatic rings. The standard InChI is InChI=1S/C33H34Cl2N6O4/c1-4-45-28-19-22(20-36)5-14-27(28)32-37-30(23-6-10-25(34)11-7-23)31(24-8-12-26(35)13-9-24)41(32)33(43)40-17-15-39(16-18-40)21-29(42)38(2)44-3/h5-14,19,30-31H,4,15-18,21H2,1-3H3/t30-,31+/m0/s1. The zero-order valence-corrected chi connectivity index (χ0v) is 26.8. The third-order valence-electron chi connectivity index (χ3n) is 7.97. The molecule has 2 aliphatic heterocycles. The first-order chi connectivity index (χ1) is 21.7. The summed E-state index contributed by atoms with van der Waals surface area (Å²) in [5.41, 5.74) is 2.77. The maximum absolute atomic E-state index is 14.7. The predicted molar refractivity (Wildman–Crippen MR) is 172 cm³/mol. The van der Waals surface area contributed by atoms with Crippen LogP contribution in [0.3, 0.4) is 0 Å². The molecule has 0 spiro atoms. The number of amidine groups is 1. The summed E-state index contributed by atoms with van der Waals surface area (Å²) in [5.74, 6) is 0.738. The van der Waals surface area contributed by atoms with Crippen molar-refractivity contribution in [2.45, 2.75) is 19.0 Å². The smallest absolute Gasteiger partial charge is 0.326 e. The van der Waals surface area contributed by atoms with Gasteiger partial charge in [-0.15, -0.1) is 0 Å². The van der Waals surface area contributed by atoms with Crippen LogP contribution in [0.1, 0.15) is 41.3 Å². The number of nitrogens with zero attached hydrogens (tertiary/aromatic N) is 6. The summed E-state index contributed by atoms with van der Waals surface area (Å²) in [6.07, 6.45) is 0. The van der Waals surface area contributed by atoms with Crippen molar-refractivity contribution in [1.29, 1.82) is 5.26 Å². The van der Waals surface area contributed by atoms with E-state index in [1.54, 1.807) is 47.2 Å². The first kappa shape index (κ1) is 32.3. The molecular weight excluding hydrogens is 615 g/mol. The molecule has 45 heavy (non-hydrogen) atoms. The Hall–Kier alpha value is -4.14. The van der Waals surface area contributed by atoms with Crippen LogP contribution in [0, 0.1) is 11.3 Å². The van der Waals surface area contributed by atoms with E-state index in [0.717, 1.165) is 11.1 Å². The molecule has 0 radical (unpaired) electrons. The second kappa shape index (κ2) is 14.3. The number of aliphatic imine (C=N–C) groups is 1. The Labute approximate surface area is 272 Å². The fraction of sp³-hybridized carbons (Fsp3) is 0.333. The molecule has 3 aromatic carbocycles. The highest BCUT2D eigenvalue weighted by Crippen LogP contribution is 2.45. The third-order valence-corrected chi connectivity index (χ3v) is 8.48. The minimum absolute atomic E-state index is 0.163. The van der Waals surface area contributed by atoms with Crippen LogP contribution in [-0.2, 0) is 9.63 Å². The molecule has 1 saturated heterocycles. The van der Waals surface area contributed by atoms with Crippen molar-refractivity contribution < 1.29 is 19.2 Å². The zero-order valence-electron chi connectivity index (χ0n) is 25.3. The molecule has 3 amide bonds. The van der Waals surface area contributed by atoms with Gasteiger partial charge in [0.15, 0.2) is 0 Å². The van der Waals surface area contributed by atoms with E-state index in [2.05, 4.69) is 6.07 Å². The van der Waals surface area contributed by atoms with Crippen molar-refractivity contribution in [1.82, 2.24) is 19.8 Å². The number of halogens is 2. The molecule has 1 fully saturated rings. The fourth-order valence-electron chi connectivity index (χ4n) is 5.55. The summed E-state index contributed by atoms with van der Waals surface area (Å²) in [6, 6.07) is 21.0. The van der Waals surface area contributed by atoms with E-state index < -0.39 is 12.1 Å². The largest absolute Gasteiger partial charge is 0.493 e. The Morgan fingerprint density at radius 3 is 2.18 bits per heavy atom. The molecule has 10 nitrogen and oxygen atoms in total. The average molecular weight is 650 g/mol. The average Bonchev–Trinajstić information content (AvgIpc) is 3.45. The van der Waals surface area contributed by atoms with Crippen LogP contribution in [0.25, 0.3) is 0 Å². The molecule has 0 aliphatic carbocycles. The van der Waals surface area contributed by atoms with Gasteiger partial charge >= 0.3 is 6.03 Å². The topological polar surface area (TPSA) is 102 Å². The SMILES string of the molecule is CCOc1cc(C#N)ccc1C1=N[C@@H](c2ccc(Cl)cc2)[C@@H](c2ccc(Cl)cc2)N1C(=O)N1CCN(CC(=O)N(C)OC)CC1. The van der Waals surface area contributed by atoms with Crippen molar-refractivity contribution in [2.24, 2.45) is 4.99 Å². The number of hydrogen-bond acceptors (Lipinski definition) is 7. The summed E-state index contributed by atoms with van der Waals surface area (Å²) in [6.45, 7) is 4.28. The number of piperazine rings is 1. The highest BCUT2D eigenvalue weighted by Gasteiger charge is 2.45. The number of amides is 3. The summed E-state index contributed by atoms with van der Waals surface area (Å²) in [5, 5.41) is 12.0. The van der Waals surface area contributed by atoms with Gasteiger partial charge in [0.2, 0.25) is 0 Å². The molecule has 3 aromatic rings. The van der Waals surface area contributed by atoms with Gasteiger partial charge in [-0.3, -0.25) is 24.4 Å². The highest BCUT2D eigenvalue weighted by molar-refractivity contribution is 6.30. The van der Waals surface area contributed by atoms with Crippen molar-refractivity contribution in [2.75, 3.05) is 53.5 Å². The second-order valence-electron chi connectivity index (χ2n) is 10.7. The Bertz CT molecular complexity index is 1600. The van der Waals surface area contributed by atoms with Gasteiger partial charge in [-0.25, -0.2) is 9.86 Å². The maximum Gasteiger partial charge on any atom is 0.326 e. The van der Waals surface area contributed by atoms with E-state index in [-0.39, 0.29) is 18.5 Å². The molecule has 2 atom stereocenters. The van der Waals surface area contributed by atoms with Crippen molar-refractivity contribution in [3.05, 3.63) is 99.0 Å². The lowest BCUT2D eigenvalue weighted by molar-refractivity contribution is -0.170. The lowest BCUT2D eigenvalue weighted by Gasteiger charge is -2.39. The van der Waals surface area contributed by atoms with Crippen LogP contribution in [0.5, 0.6) is 5.75 Å². The zero-order chi connectivity index (χ0) is 32.1. The van der Waals surface area contributed by atoms with Crippen LogP contribution in [-0.4, -0.2) is 91.0 Å². The van der Waals surface area contributed by atoms with E-state index in [1.165, 1.54) is 12.2 Å². The van der Waals surface area contributed by atoms with E-state index in [9.17, 15) is 14.9 Å². The van der Waals surface area contributed by atoms with E-state index >= 15 is 0 Å². The number of benzene rings is 3. The number of hydrogen-bond donors (Lipinski definition) is 0. The number of ether oxygens (including phenoxy) is 1. The third kappa shape index (κ3) is 7.08. The Morgan fingerprint density at radius 1 is 0.978 bits per heavy atom. The Balaban J connectivity index is 1.56. The second-order valence-corrected chi connectivity index (χ2v) is 11.6. The van der Waals surface area contributed by atoms with E-state index in [1.807, 2.05) is 48.2 Å². The minimum Gasteiger partial charge on any atom is -0.493 e. The number of likely N-dealkylation sites (N-methyl/N-ethyl adjacent to an activating group) is 1. The lowest BCUT2D eigenvalue weighted by Crippen LogP contribution is -2.55. The van der Waals surface area contributed by atoms with E-state index in [4.69, 9.17) is 37.8 Å². The molecule has 0 saturated carbocycles. The van der Waals surface area contributed by atoms with Gasteiger partial charge in [0.05, 0.1) is 43.5 Å². The van der Waals surface area contributed by atoms with Gasteiger partial charge in [-0.2, -0.15) is 5.26 Å². The van der Waals surface area contributed by atoms with Crippen molar-refractivity contribution in [3.8, 4) is 11.8 Å².